The van der Waals surface area contributed by atoms with E-state index in [1.54, 1.807) is 94.1 Å². The quantitative estimate of drug-likeness (QED) is 0.237. The third-order valence-corrected chi connectivity index (χ3v) is 16.8. The third kappa shape index (κ3) is 7.04. The van der Waals surface area contributed by atoms with Crippen LogP contribution in [0.4, 0.5) is 0 Å². The van der Waals surface area contributed by atoms with Crippen LogP contribution >= 0.6 is 118 Å². The van der Waals surface area contributed by atoms with Gasteiger partial charge in [-0.1, -0.05) is 70.6 Å². The number of thioether (sulfide) groups is 10. The predicted molar refractivity (Wildman–Crippen MR) is 168 cm³/mol. The van der Waals surface area contributed by atoms with Gasteiger partial charge in [0.25, 0.3) is 0 Å². The van der Waals surface area contributed by atoms with Crippen LogP contribution in [0.15, 0.2) is 57.2 Å². The smallest absolute Gasteiger partial charge is 0.346 e. The van der Waals surface area contributed by atoms with Crippen LogP contribution in [0.1, 0.15) is 0 Å². The zero-order chi connectivity index (χ0) is 24.8. The normalized spacial score (nSPS) is 18.4. The van der Waals surface area contributed by atoms with Crippen LogP contribution in [0, 0.1) is 0 Å². The summed E-state index contributed by atoms with van der Waals surface area (Å²) in [4.78, 5) is 25.1. The van der Waals surface area contributed by atoms with E-state index in [0.717, 1.165) is 9.81 Å². The first kappa shape index (κ1) is 29.4. The van der Waals surface area contributed by atoms with Crippen molar-refractivity contribution in [2.24, 2.45) is 0 Å². The molecule has 4 nitrogen and oxygen atoms in total. The molecule has 0 saturated heterocycles. The highest BCUT2D eigenvalue weighted by molar-refractivity contribution is 8.41. The zero-order valence-corrected chi connectivity index (χ0v) is 27.0. The molecule has 3 heterocycles. The second-order valence-electron chi connectivity index (χ2n) is 5.89. The summed E-state index contributed by atoms with van der Waals surface area (Å²) in [6, 6.07) is 0. The molecule has 3 aliphatic rings. The van der Waals surface area contributed by atoms with E-state index in [9.17, 15) is 9.59 Å². The maximum atomic E-state index is 12.3. The van der Waals surface area contributed by atoms with E-state index in [-0.39, 0.29) is 9.81 Å². The molecule has 184 valence electrons. The van der Waals surface area contributed by atoms with Gasteiger partial charge in [0.05, 0.1) is 43.9 Å². The Hall–Kier alpha value is 0.880. The number of ether oxygens (including phenoxy) is 2. The summed E-state index contributed by atoms with van der Waals surface area (Å²) < 4.78 is 18.2. The van der Waals surface area contributed by atoms with Crippen molar-refractivity contribution in [2.45, 2.75) is 0 Å². The van der Waals surface area contributed by atoms with E-state index in [0.29, 0.717) is 0 Å². The molecule has 0 aromatic rings. The van der Waals surface area contributed by atoms with Crippen LogP contribution < -0.4 is 0 Å². The van der Waals surface area contributed by atoms with Gasteiger partial charge in [-0.05, 0) is 42.7 Å². The Morgan fingerprint density at radius 3 is 1.32 bits per heavy atom. The van der Waals surface area contributed by atoms with Crippen LogP contribution in [-0.2, 0) is 19.1 Å². The Morgan fingerprint density at radius 1 is 0.618 bits per heavy atom. The van der Waals surface area contributed by atoms with Crippen molar-refractivity contribution in [3.63, 3.8) is 0 Å². The summed E-state index contributed by atoms with van der Waals surface area (Å²) in [6.07, 6.45) is 12.7. The number of hydrogen-bond donors (Lipinski definition) is 0. The largest absolute Gasteiger partial charge is 0.465 e. The highest BCUT2D eigenvalue weighted by atomic mass is 32.3. The fourth-order valence-electron chi connectivity index (χ4n) is 2.48. The van der Waals surface area contributed by atoms with E-state index in [2.05, 4.69) is 37.2 Å². The molecule has 3 rings (SSSR count). The van der Waals surface area contributed by atoms with Gasteiger partial charge >= 0.3 is 11.9 Å². The topological polar surface area (TPSA) is 52.6 Å². The van der Waals surface area contributed by atoms with E-state index in [1.807, 2.05) is 0 Å². The molecule has 0 aromatic heterocycles. The second-order valence-corrected chi connectivity index (χ2v) is 17.2. The molecule has 0 aromatic carbocycles. The van der Waals surface area contributed by atoms with Gasteiger partial charge < -0.3 is 9.47 Å². The van der Waals surface area contributed by atoms with Crippen molar-refractivity contribution in [1.29, 1.82) is 0 Å². The van der Waals surface area contributed by atoms with Crippen molar-refractivity contribution in [1.82, 2.24) is 0 Å². The minimum Gasteiger partial charge on any atom is -0.465 e. The lowest BCUT2D eigenvalue weighted by Crippen LogP contribution is -2.08. The zero-order valence-electron chi connectivity index (χ0n) is 18.9. The van der Waals surface area contributed by atoms with Crippen molar-refractivity contribution in [3.05, 3.63) is 57.2 Å². The summed E-state index contributed by atoms with van der Waals surface area (Å²) in [7, 11) is 2.63. The maximum absolute atomic E-state index is 12.3. The molecule has 14 heteroatoms. The monoisotopic (exact) mass is 644 g/mol. The summed E-state index contributed by atoms with van der Waals surface area (Å²) in [6.45, 7) is 0. The lowest BCUT2D eigenvalue weighted by Gasteiger charge is -2.06. The molecule has 3 aliphatic heterocycles. The van der Waals surface area contributed by atoms with Crippen LogP contribution in [0.3, 0.4) is 0 Å². The maximum Gasteiger partial charge on any atom is 0.346 e. The van der Waals surface area contributed by atoms with Gasteiger partial charge in [-0.3, -0.25) is 0 Å². The minimum absolute atomic E-state index is 0.266. The average molecular weight is 645 g/mol. The molecule has 0 aliphatic carbocycles. The molecule has 34 heavy (non-hydrogen) atoms. The first-order valence-corrected chi connectivity index (χ1v) is 19.0. The van der Waals surface area contributed by atoms with Crippen molar-refractivity contribution >= 4 is 130 Å². The lowest BCUT2D eigenvalue weighted by atomic mass is 10.3. The number of rotatable bonds is 8. The molecular formula is C20H20O4S10. The highest BCUT2D eigenvalue weighted by Gasteiger charge is 2.33. The van der Waals surface area contributed by atoms with E-state index >= 15 is 0 Å². The second kappa shape index (κ2) is 14.1. The Balaban J connectivity index is 1.99. The number of carbonyl (C=O) groups excluding carboxylic acids is 2. The molecule has 0 bridgehead atoms. The molecule has 0 radical (unpaired) electrons. The molecule has 0 unspecified atom stereocenters. The third-order valence-electron chi connectivity index (χ3n) is 3.97. The first-order chi connectivity index (χ1) is 16.4. The highest BCUT2D eigenvalue weighted by Crippen LogP contribution is 2.60. The number of hydrogen-bond acceptors (Lipinski definition) is 14. The molecule has 0 N–H and O–H groups in total. The van der Waals surface area contributed by atoms with Gasteiger partial charge in [0.15, 0.2) is 0 Å². The molecule has 0 saturated carbocycles. The Bertz CT molecular complexity index is 1000. The first-order valence-electron chi connectivity index (χ1n) is 9.19. The lowest BCUT2D eigenvalue weighted by molar-refractivity contribution is -0.138. The van der Waals surface area contributed by atoms with Gasteiger partial charge in [-0.15, -0.1) is 47.0 Å². The Labute approximate surface area is 242 Å². The SMILES string of the molecule is COC(=O)C1=C(C(=O)OC)SC(=CC(C=C2SC(SC)=C(SC)S2)=C2SC(SC)=C(SC)S2)S1. The van der Waals surface area contributed by atoms with Gasteiger partial charge in [-0.25, -0.2) is 9.59 Å². The standard InChI is InChI=1S/C20H20O4S10/c1-23-14(21)12-13(15(22)24-2)30-10(29-12)7-9(16-33-19(27-5)20(28-6)34-16)8-11-31-17(25-3)18(26-4)32-11/h7-8H,1-6H3. The number of allylic oxidation sites excluding steroid dienone is 3. The average Bonchev–Trinajstić information content (AvgIpc) is 3.58. The minimum atomic E-state index is -0.533. The Kier molecular flexibility index (Phi) is 12.2. The number of esters is 2. The van der Waals surface area contributed by atoms with Gasteiger partial charge in [-0.2, -0.15) is 0 Å². The van der Waals surface area contributed by atoms with Crippen molar-refractivity contribution in [2.75, 3.05) is 39.2 Å². The van der Waals surface area contributed by atoms with Gasteiger partial charge in [0.1, 0.15) is 9.81 Å². The van der Waals surface area contributed by atoms with E-state index in [1.165, 1.54) is 63.2 Å². The molecule has 0 spiro atoms. The van der Waals surface area contributed by atoms with Crippen molar-refractivity contribution < 1.29 is 19.1 Å². The summed E-state index contributed by atoms with van der Waals surface area (Å²) in [5.74, 6) is -1.07. The van der Waals surface area contributed by atoms with Crippen molar-refractivity contribution in [3.8, 4) is 0 Å². The molecule has 0 atom stereocenters. The van der Waals surface area contributed by atoms with Crippen LogP contribution in [0.25, 0.3) is 0 Å². The number of methoxy groups -OCH3 is 2. The van der Waals surface area contributed by atoms with Gasteiger partial charge in [0.2, 0.25) is 0 Å². The fraction of sp³-hybridized carbons (Fsp3) is 0.300. The van der Waals surface area contributed by atoms with E-state index in [4.69, 9.17) is 9.47 Å². The predicted octanol–water partition coefficient (Wildman–Crippen LogP) is 8.58. The summed E-state index contributed by atoms with van der Waals surface area (Å²) >= 11 is 16.7. The van der Waals surface area contributed by atoms with E-state index < -0.39 is 11.9 Å². The summed E-state index contributed by atoms with van der Waals surface area (Å²) in [5, 5.41) is 0. The molecular weight excluding hydrogens is 625 g/mol. The summed E-state index contributed by atoms with van der Waals surface area (Å²) in [5.41, 5.74) is 1.06. The van der Waals surface area contributed by atoms with Crippen LogP contribution in [-0.4, -0.2) is 51.2 Å². The molecule has 0 amide bonds. The Morgan fingerprint density at radius 2 is 0.971 bits per heavy atom. The number of carbonyl (C=O) groups is 2. The van der Waals surface area contributed by atoms with Gasteiger partial charge in [0, 0.05) is 0 Å². The van der Waals surface area contributed by atoms with Crippen LogP contribution in [0.2, 0.25) is 0 Å². The van der Waals surface area contributed by atoms with Crippen LogP contribution in [0.5, 0.6) is 0 Å². The molecule has 0 fully saturated rings. The fourth-order valence-corrected chi connectivity index (χ4v) is 14.7.